The van der Waals surface area contributed by atoms with Crippen LogP contribution in [0, 0.1) is 12.3 Å². The van der Waals surface area contributed by atoms with Crippen molar-refractivity contribution in [3.05, 3.63) is 35.9 Å². The van der Waals surface area contributed by atoms with Crippen LogP contribution in [0.15, 0.2) is 30.3 Å². The van der Waals surface area contributed by atoms with Gasteiger partial charge in [-0.15, -0.1) is 12.3 Å². The third-order valence-corrected chi connectivity index (χ3v) is 3.26. The summed E-state index contributed by atoms with van der Waals surface area (Å²) in [6.45, 7) is 0.259. The normalized spacial score (nSPS) is 17.6. The highest BCUT2D eigenvalue weighted by atomic mass is 16.6. The largest absolute Gasteiger partial charge is 0.447 e. The van der Waals surface area contributed by atoms with Crippen molar-refractivity contribution in [2.24, 2.45) is 0 Å². The summed E-state index contributed by atoms with van der Waals surface area (Å²) in [7, 11) is 0. The Morgan fingerprint density at radius 3 is 2.85 bits per heavy atom. The molecule has 1 aliphatic heterocycles. The van der Waals surface area contributed by atoms with Gasteiger partial charge in [0.05, 0.1) is 6.04 Å². The summed E-state index contributed by atoms with van der Waals surface area (Å²) in [5, 5.41) is 0. The first-order chi connectivity index (χ1) is 9.72. The van der Waals surface area contributed by atoms with Gasteiger partial charge in [0, 0.05) is 12.8 Å². The highest BCUT2D eigenvalue weighted by Gasteiger charge is 2.37. The van der Waals surface area contributed by atoms with E-state index in [4.69, 9.17) is 11.2 Å². The fraction of sp³-hybridized carbons (Fsp3) is 0.375. The Balaban J connectivity index is 1.99. The molecule has 0 spiro atoms. The molecule has 1 fully saturated rings. The summed E-state index contributed by atoms with van der Waals surface area (Å²) < 4.78 is 5.00. The third-order valence-electron chi connectivity index (χ3n) is 3.26. The van der Waals surface area contributed by atoms with Crippen LogP contribution in [-0.2, 0) is 16.0 Å². The third kappa shape index (κ3) is 3.39. The number of ether oxygens (including phenoxy) is 1. The van der Waals surface area contributed by atoms with E-state index in [1.54, 1.807) is 0 Å². The zero-order chi connectivity index (χ0) is 14.4. The summed E-state index contributed by atoms with van der Waals surface area (Å²) in [6, 6.07) is 9.54. The molecule has 0 saturated carbocycles. The number of terminal acetylenes is 1. The van der Waals surface area contributed by atoms with Gasteiger partial charge >= 0.3 is 6.09 Å². The lowest BCUT2D eigenvalue weighted by Gasteiger charge is -2.19. The zero-order valence-corrected chi connectivity index (χ0v) is 11.2. The molecule has 1 aromatic rings. The summed E-state index contributed by atoms with van der Waals surface area (Å²) in [5.74, 6) is 2.28. The number of cyclic esters (lactones) is 1. The van der Waals surface area contributed by atoms with Crippen molar-refractivity contribution >= 4 is 12.0 Å². The first-order valence-electron chi connectivity index (χ1n) is 6.68. The molecular formula is C16H17NO3. The number of hydrogen-bond donors (Lipinski definition) is 0. The lowest BCUT2D eigenvalue weighted by atomic mass is 10.1. The van der Waals surface area contributed by atoms with Crippen molar-refractivity contribution in [3.8, 4) is 12.3 Å². The van der Waals surface area contributed by atoms with E-state index >= 15 is 0 Å². The fourth-order valence-corrected chi connectivity index (χ4v) is 2.26. The van der Waals surface area contributed by atoms with Gasteiger partial charge in [0.1, 0.15) is 6.61 Å². The van der Waals surface area contributed by atoms with Crippen LogP contribution < -0.4 is 0 Å². The lowest BCUT2D eigenvalue weighted by Crippen LogP contribution is -2.40. The van der Waals surface area contributed by atoms with Crippen molar-refractivity contribution < 1.29 is 14.3 Å². The molecule has 0 aliphatic carbocycles. The minimum Gasteiger partial charge on any atom is -0.447 e. The summed E-state index contributed by atoms with van der Waals surface area (Å²) in [5.41, 5.74) is 1.08. The number of carbonyl (C=O) groups excluding carboxylic acids is 2. The molecule has 20 heavy (non-hydrogen) atoms. The van der Waals surface area contributed by atoms with Gasteiger partial charge in [0.25, 0.3) is 0 Å². The number of carbonyl (C=O) groups is 2. The molecule has 4 heteroatoms. The molecule has 1 aliphatic rings. The van der Waals surface area contributed by atoms with Crippen molar-refractivity contribution in [2.45, 2.75) is 31.7 Å². The molecule has 1 atom stereocenters. The van der Waals surface area contributed by atoms with Gasteiger partial charge < -0.3 is 4.74 Å². The van der Waals surface area contributed by atoms with Crippen LogP contribution in [0.25, 0.3) is 0 Å². The summed E-state index contributed by atoms with van der Waals surface area (Å²) in [4.78, 5) is 25.0. The van der Waals surface area contributed by atoms with Crippen molar-refractivity contribution in [3.63, 3.8) is 0 Å². The van der Waals surface area contributed by atoms with E-state index < -0.39 is 6.09 Å². The van der Waals surface area contributed by atoms with Gasteiger partial charge in [0.15, 0.2) is 0 Å². The average Bonchev–Trinajstić information content (AvgIpc) is 2.81. The molecule has 1 saturated heterocycles. The van der Waals surface area contributed by atoms with Crippen LogP contribution in [0.2, 0.25) is 0 Å². The topological polar surface area (TPSA) is 46.6 Å². The number of nitrogens with zero attached hydrogens (tertiary/aromatic N) is 1. The molecule has 0 bridgehead atoms. The smallest absolute Gasteiger partial charge is 0.416 e. The Morgan fingerprint density at radius 2 is 2.15 bits per heavy atom. The van der Waals surface area contributed by atoms with E-state index in [0.717, 1.165) is 5.56 Å². The van der Waals surface area contributed by atoms with Crippen LogP contribution in [0.3, 0.4) is 0 Å². The second-order valence-corrected chi connectivity index (χ2v) is 4.74. The van der Waals surface area contributed by atoms with E-state index in [2.05, 4.69) is 5.92 Å². The second-order valence-electron chi connectivity index (χ2n) is 4.74. The Hall–Kier alpha value is -2.28. The molecule has 4 nitrogen and oxygen atoms in total. The number of benzene rings is 1. The Labute approximate surface area is 118 Å². The number of rotatable bonds is 5. The monoisotopic (exact) mass is 271 g/mol. The van der Waals surface area contributed by atoms with Crippen LogP contribution >= 0.6 is 0 Å². The van der Waals surface area contributed by atoms with Gasteiger partial charge in [-0.1, -0.05) is 30.3 Å². The van der Waals surface area contributed by atoms with Crippen molar-refractivity contribution in [1.29, 1.82) is 0 Å². The Morgan fingerprint density at radius 1 is 1.40 bits per heavy atom. The standard InChI is InChI=1S/C16H17NO3/c1-2-3-5-10-15(18)17-14(12-20-16(17)19)11-13-8-6-4-7-9-13/h1,4,6-9,14H,3,5,10-12H2. The van der Waals surface area contributed by atoms with Crippen LogP contribution in [-0.4, -0.2) is 29.5 Å². The molecule has 1 heterocycles. The predicted molar refractivity (Wildman–Crippen MR) is 74.8 cm³/mol. The highest BCUT2D eigenvalue weighted by molar-refractivity contribution is 5.93. The van der Waals surface area contributed by atoms with E-state index in [-0.39, 0.29) is 25.0 Å². The van der Waals surface area contributed by atoms with Gasteiger partial charge in [-0.25, -0.2) is 9.69 Å². The first kappa shape index (κ1) is 14.1. The van der Waals surface area contributed by atoms with Crippen LogP contribution in [0.5, 0.6) is 0 Å². The summed E-state index contributed by atoms with van der Waals surface area (Å²) >= 11 is 0. The Kier molecular flexibility index (Phi) is 4.78. The molecule has 0 N–H and O–H groups in total. The number of hydrogen-bond acceptors (Lipinski definition) is 3. The van der Waals surface area contributed by atoms with E-state index in [9.17, 15) is 9.59 Å². The van der Waals surface area contributed by atoms with Crippen LogP contribution in [0.4, 0.5) is 4.79 Å². The quantitative estimate of drug-likeness (QED) is 0.610. The Bertz CT molecular complexity index is 518. The lowest BCUT2D eigenvalue weighted by molar-refractivity contribution is -0.129. The maximum absolute atomic E-state index is 12.1. The molecular weight excluding hydrogens is 254 g/mol. The molecule has 1 unspecified atom stereocenters. The van der Waals surface area contributed by atoms with E-state index in [0.29, 0.717) is 19.3 Å². The highest BCUT2D eigenvalue weighted by Crippen LogP contribution is 2.19. The fourth-order valence-electron chi connectivity index (χ4n) is 2.26. The predicted octanol–water partition coefficient (Wildman–Crippen LogP) is 2.38. The number of imide groups is 1. The van der Waals surface area contributed by atoms with Gasteiger partial charge in [-0.3, -0.25) is 4.79 Å². The van der Waals surface area contributed by atoms with Gasteiger partial charge in [-0.05, 0) is 18.4 Å². The molecule has 1 aromatic carbocycles. The summed E-state index contributed by atoms with van der Waals surface area (Å²) in [6.07, 6.45) is 6.65. The van der Waals surface area contributed by atoms with Crippen LogP contribution in [0.1, 0.15) is 24.8 Å². The molecule has 0 aromatic heterocycles. The molecule has 2 rings (SSSR count). The first-order valence-corrected chi connectivity index (χ1v) is 6.68. The molecule has 2 amide bonds. The van der Waals surface area contributed by atoms with Crippen molar-refractivity contribution in [2.75, 3.05) is 6.61 Å². The van der Waals surface area contributed by atoms with Crippen molar-refractivity contribution in [1.82, 2.24) is 4.90 Å². The van der Waals surface area contributed by atoms with E-state index in [1.807, 2.05) is 30.3 Å². The van der Waals surface area contributed by atoms with E-state index in [1.165, 1.54) is 4.90 Å². The number of amides is 2. The minimum absolute atomic E-state index is 0.205. The SMILES string of the molecule is C#CCCCC(=O)N1C(=O)OCC1Cc1ccccc1. The second kappa shape index (κ2) is 6.76. The zero-order valence-electron chi connectivity index (χ0n) is 11.2. The minimum atomic E-state index is -0.545. The van der Waals surface area contributed by atoms with Gasteiger partial charge in [0.2, 0.25) is 5.91 Å². The maximum atomic E-state index is 12.1. The average molecular weight is 271 g/mol. The maximum Gasteiger partial charge on any atom is 0.416 e. The van der Waals surface area contributed by atoms with Gasteiger partial charge in [-0.2, -0.15) is 0 Å². The molecule has 104 valence electrons. The number of unbranched alkanes of at least 4 members (excludes halogenated alkanes) is 1. The molecule has 0 radical (unpaired) electrons.